The van der Waals surface area contributed by atoms with E-state index in [1.807, 2.05) is 0 Å². The molecule has 1 aliphatic carbocycles. The third-order valence-corrected chi connectivity index (χ3v) is 3.27. The van der Waals surface area contributed by atoms with Gasteiger partial charge in [-0.25, -0.2) is 0 Å². The first kappa shape index (κ1) is 12.4. The van der Waals surface area contributed by atoms with Gasteiger partial charge in [0.15, 0.2) is 0 Å². The van der Waals surface area contributed by atoms with Crippen LogP contribution in [0.15, 0.2) is 24.3 Å². The van der Waals surface area contributed by atoms with Gasteiger partial charge in [0.25, 0.3) is 0 Å². The molecule has 0 atom stereocenters. The van der Waals surface area contributed by atoms with Crippen molar-refractivity contribution >= 4 is 0 Å². The van der Waals surface area contributed by atoms with Crippen LogP contribution >= 0.6 is 0 Å². The van der Waals surface area contributed by atoms with Crippen LogP contribution in [0.2, 0.25) is 0 Å². The molecule has 0 saturated heterocycles. The van der Waals surface area contributed by atoms with Crippen LogP contribution < -0.4 is 10.1 Å². The van der Waals surface area contributed by atoms with Crippen molar-refractivity contribution in [2.45, 2.75) is 58.2 Å². The maximum Gasteiger partial charge on any atom is 0.124 e. The van der Waals surface area contributed by atoms with Crippen molar-refractivity contribution in [1.29, 1.82) is 0 Å². The molecule has 1 aromatic carbocycles. The van der Waals surface area contributed by atoms with Gasteiger partial charge >= 0.3 is 0 Å². The van der Waals surface area contributed by atoms with E-state index < -0.39 is 0 Å². The van der Waals surface area contributed by atoms with Crippen LogP contribution in [0.5, 0.6) is 5.75 Å². The van der Waals surface area contributed by atoms with Crippen molar-refractivity contribution < 1.29 is 4.74 Å². The summed E-state index contributed by atoms with van der Waals surface area (Å²) >= 11 is 0. The fourth-order valence-electron chi connectivity index (χ4n) is 2.26. The highest BCUT2D eigenvalue weighted by molar-refractivity contribution is 5.33. The Balaban J connectivity index is 1.99. The second-order valence-electron chi connectivity index (χ2n) is 5.17. The second-order valence-corrected chi connectivity index (χ2v) is 5.17. The predicted octanol–water partition coefficient (Wildman–Crippen LogP) is 3.51. The molecule has 1 aliphatic rings. The van der Waals surface area contributed by atoms with Gasteiger partial charge in [-0.15, -0.1) is 0 Å². The SMILES string of the molecule is CC(C)NCc1ccccc1OC1CCCC1. The number of nitrogens with one attached hydrogen (secondary N) is 1. The number of para-hydroxylation sites is 1. The summed E-state index contributed by atoms with van der Waals surface area (Å²) in [5, 5.41) is 3.45. The highest BCUT2D eigenvalue weighted by Gasteiger charge is 2.17. The average Bonchev–Trinajstić information content (AvgIpc) is 2.80. The van der Waals surface area contributed by atoms with Crippen molar-refractivity contribution in [1.82, 2.24) is 5.32 Å². The zero-order chi connectivity index (χ0) is 12.1. The number of hydrogen-bond acceptors (Lipinski definition) is 2. The number of rotatable bonds is 5. The minimum atomic E-state index is 0.440. The molecule has 2 nitrogen and oxygen atoms in total. The van der Waals surface area contributed by atoms with Crippen molar-refractivity contribution in [2.24, 2.45) is 0 Å². The zero-order valence-corrected chi connectivity index (χ0v) is 10.9. The summed E-state index contributed by atoms with van der Waals surface area (Å²) in [5.41, 5.74) is 1.27. The van der Waals surface area contributed by atoms with Gasteiger partial charge in [0, 0.05) is 18.2 Å². The maximum atomic E-state index is 6.10. The first-order valence-electron chi connectivity index (χ1n) is 6.73. The summed E-state index contributed by atoms with van der Waals surface area (Å²) < 4.78 is 6.10. The first-order valence-corrected chi connectivity index (χ1v) is 6.73. The van der Waals surface area contributed by atoms with Gasteiger partial charge in [0.1, 0.15) is 5.75 Å². The molecule has 2 heteroatoms. The molecule has 0 radical (unpaired) electrons. The Labute approximate surface area is 104 Å². The minimum absolute atomic E-state index is 0.440. The lowest BCUT2D eigenvalue weighted by Gasteiger charge is -2.17. The fourth-order valence-corrected chi connectivity index (χ4v) is 2.26. The van der Waals surface area contributed by atoms with Crippen LogP contribution in [-0.2, 0) is 6.54 Å². The summed E-state index contributed by atoms with van der Waals surface area (Å²) in [6.45, 7) is 5.22. The lowest BCUT2D eigenvalue weighted by molar-refractivity contribution is 0.207. The summed E-state index contributed by atoms with van der Waals surface area (Å²) in [4.78, 5) is 0. The van der Waals surface area contributed by atoms with E-state index in [-0.39, 0.29) is 0 Å². The predicted molar refractivity (Wildman–Crippen MR) is 71.3 cm³/mol. The van der Waals surface area contributed by atoms with Crippen LogP contribution in [0.25, 0.3) is 0 Å². The lowest BCUT2D eigenvalue weighted by atomic mass is 10.2. The van der Waals surface area contributed by atoms with Crippen LogP contribution in [0, 0.1) is 0 Å². The Morgan fingerprint density at radius 3 is 2.65 bits per heavy atom. The van der Waals surface area contributed by atoms with E-state index in [4.69, 9.17) is 4.74 Å². The van der Waals surface area contributed by atoms with E-state index in [0.717, 1.165) is 12.3 Å². The van der Waals surface area contributed by atoms with Crippen LogP contribution in [0.3, 0.4) is 0 Å². The first-order chi connectivity index (χ1) is 8.25. The summed E-state index contributed by atoms with van der Waals surface area (Å²) in [6.07, 6.45) is 5.50. The standard InChI is InChI=1S/C15H23NO/c1-12(2)16-11-13-7-3-6-10-15(13)17-14-8-4-5-9-14/h3,6-7,10,12,14,16H,4-5,8-9,11H2,1-2H3. The normalized spacial score (nSPS) is 16.6. The maximum absolute atomic E-state index is 6.10. The molecule has 2 rings (SSSR count). The summed E-state index contributed by atoms with van der Waals surface area (Å²) in [5.74, 6) is 1.06. The van der Waals surface area contributed by atoms with Gasteiger partial charge in [0.2, 0.25) is 0 Å². The van der Waals surface area contributed by atoms with Crippen LogP contribution in [-0.4, -0.2) is 12.1 Å². The fraction of sp³-hybridized carbons (Fsp3) is 0.600. The van der Waals surface area contributed by atoms with E-state index in [1.54, 1.807) is 0 Å². The smallest absolute Gasteiger partial charge is 0.124 e. The molecule has 1 saturated carbocycles. The third-order valence-electron chi connectivity index (χ3n) is 3.27. The van der Waals surface area contributed by atoms with Crippen molar-refractivity contribution in [2.75, 3.05) is 0 Å². The monoisotopic (exact) mass is 233 g/mol. The van der Waals surface area contributed by atoms with Crippen molar-refractivity contribution in [3.8, 4) is 5.75 Å². The molecule has 17 heavy (non-hydrogen) atoms. The highest BCUT2D eigenvalue weighted by atomic mass is 16.5. The van der Waals surface area contributed by atoms with Crippen LogP contribution in [0.1, 0.15) is 45.1 Å². The molecule has 0 heterocycles. The molecule has 0 spiro atoms. The largest absolute Gasteiger partial charge is 0.490 e. The van der Waals surface area contributed by atoms with Gasteiger partial charge in [0.05, 0.1) is 6.10 Å². The third kappa shape index (κ3) is 3.74. The number of ether oxygens (including phenoxy) is 1. The van der Waals surface area contributed by atoms with Gasteiger partial charge in [-0.1, -0.05) is 32.0 Å². The second kappa shape index (κ2) is 6.06. The van der Waals surface area contributed by atoms with Gasteiger partial charge < -0.3 is 10.1 Å². The number of benzene rings is 1. The molecule has 1 fully saturated rings. The Bertz CT molecular complexity index is 343. The molecular formula is C15H23NO. The molecule has 1 N–H and O–H groups in total. The van der Waals surface area contributed by atoms with Gasteiger partial charge in [-0.3, -0.25) is 0 Å². The topological polar surface area (TPSA) is 21.3 Å². The average molecular weight is 233 g/mol. The highest BCUT2D eigenvalue weighted by Crippen LogP contribution is 2.26. The van der Waals surface area contributed by atoms with E-state index in [1.165, 1.54) is 31.2 Å². The van der Waals surface area contributed by atoms with E-state index in [9.17, 15) is 0 Å². The Hall–Kier alpha value is -1.02. The van der Waals surface area contributed by atoms with Crippen molar-refractivity contribution in [3.63, 3.8) is 0 Å². The van der Waals surface area contributed by atoms with Gasteiger partial charge in [-0.2, -0.15) is 0 Å². The van der Waals surface area contributed by atoms with E-state index in [2.05, 4.69) is 43.4 Å². The van der Waals surface area contributed by atoms with Crippen LogP contribution in [0.4, 0.5) is 0 Å². The molecule has 1 aromatic rings. The lowest BCUT2D eigenvalue weighted by Crippen LogP contribution is -2.22. The molecule has 94 valence electrons. The molecule has 0 amide bonds. The summed E-state index contributed by atoms with van der Waals surface area (Å²) in [6, 6.07) is 8.90. The minimum Gasteiger partial charge on any atom is -0.490 e. The molecule has 0 aromatic heterocycles. The molecular weight excluding hydrogens is 210 g/mol. The quantitative estimate of drug-likeness (QED) is 0.840. The Morgan fingerprint density at radius 1 is 1.24 bits per heavy atom. The molecule has 0 bridgehead atoms. The Kier molecular flexibility index (Phi) is 4.43. The zero-order valence-electron chi connectivity index (χ0n) is 10.9. The molecule has 0 aliphatic heterocycles. The van der Waals surface area contributed by atoms with Crippen molar-refractivity contribution in [3.05, 3.63) is 29.8 Å². The van der Waals surface area contributed by atoms with E-state index >= 15 is 0 Å². The Morgan fingerprint density at radius 2 is 1.94 bits per heavy atom. The molecule has 0 unspecified atom stereocenters. The van der Waals surface area contributed by atoms with Gasteiger partial charge in [-0.05, 0) is 31.7 Å². The summed E-state index contributed by atoms with van der Waals surface area (Å²) in [7, 11) is 0. The van der Waals surface area contributed by atoms with E-state index in [0.29, 0.717) is 12.1 Å². The number of hydrogen-bond donors (Lipinski definition) is 1.